The van der Waals surface area contributed by atoms with Crippen molar-refractivity contribution in [3.8, 4) is 0 Å². The summed E-state index contributed by atoms with van der Waals surface area (Å²) in [5, 5.41) is 3.77. The number of imide groups is 1. The Morgan fingerprint density at radius 2 is 1.86 bits per heavy atom. The second kappa shape index (κ2) is 5.61. The fraction of sp³-hybridized carbons (Fsp3) is 0.400. The summed E-state index contributed by atoms with van der Waals surface area (Å²) >= 11 is 5.95. The molecule has 1 spiro atoms. The molecule has 1 aliphatic carbocycles. The lowest BCUT2D eigenvalue weighted by molar-refractivity contribution is -0.134. The Labute approximate surface area is 132 Å². The van der Waals surface area contributed by atoms with Crippen LogP contribution in [0.25, 0.3) is 0 Å². The molecular formula is C15H16ClN3O3. The van der Waals surface area contributed by atoms with E-state index in [0.29, 0.717) is 12.8 Å². The Morgan fingerprint density at radius 3 is 2.55 bits per heavy atom. The maximum Gasteiger partial charge on any atom is 0.344 e. The quantitative estimate of drug-likeness (QED) is 0.820. The first-order valence-electron chi connectivity index (χ1n) is 7.26. The molecule has 4 amide bonds. The van der Waals surface area contributed by atoms with Gasteiger partial charge in [0.2, 0.25) is 0 Å². The van der Waals surface area contributed by atoms with Crippen molar-refractivity contribution in [2.45, 2.75) is 37.6 Å². The molecule has 22 heavy (non-hydrogen) atoms. The molecule has 6 nitrogen and oxygen atoms in total. The van der Waals surface area contributed by atoms with Gasteiger partial charge in [-0.15, -0.1) is 0 Å². The second-order valence-electron chi connectivity index (χ2n) is 5.63. The van der Waals surface area contributed by atoms with Gasteiger partial charge in [0.25, 0.3) is 11.8 Å². The van der Waals surface area contributed by atoms with Crippen molar-refractivity contribution >= 4 is 29.4 Å². The van der Waals surface area contributed by atoms with Crippen molar-refractivity contribution in [3.05, 3.63) is 34.9 Å². The summed E-state index contributed by atoms with van der Waals surface area (Å²) in [4.78, 5) is 36.8. The molecule has 1 heterocycles. The highest BCUT2D eigenvalue weighted by Gasteiger charge is 2.52. The summed E-state index contributed by atoms with van der Waals surface area (Å²) in [6.45, 7) is 0. The summed E-state index contributed by atoms with van der Waals surface area (Å²) in [6, 6.07) is 5.88. The Hall–Kier alpha value is -2.08. The molecule has 3 rings (SSSR count). The molecule has 7 heteroatoms. The van der Waals surface area contributed by atoms with E-state index in [4.69, 9.17) is 11.6 Å². The van der Waals surface area contributed by atoms with Crippen LogP contribution in [0.5, 0.6) is 0 Å². The molecule has 1 aromatic rings. The third kappa shape index (κ3) is 2.43. The van der Waals surface area contributed by atoms with Crippen LogP contribution in [0.4, 0.5) is 4.79 Å². The van der Waals surface area contributed by atoms with E-state index in [2.05, 4.69) is 10.7 Å². The van der Waals surface area contributed by atoms with E-state index < -0.39 is 23.4 Å². The average molecular weight is 322 g/mol. The summed E-state index contributed by atoms with van der Waals surface area (Å²) in [6.07, 6.45) is 4.04. The Balaban J connectivity index is 1.78. The van der Waals surface area contributed by atoms with Crippen LogP contribution in [-0.2, 0) is 4.79 Å². The first kappa shape index (κ1) is 14.8. The zero-order valence-electron chi connectivity index (χ0n) is 11.9. The van der Waals surface area contributed by atoms with E-state index in [1.807, 2.05) is 0 Å². The lowest BCUT2D eigenvalue weighted by Crippen LogP contribution is -2.51. The largest absolute Gasteiger partial charge is 0.344 e. The number of nitrogens with one attached hydrogen (secondary N) is 2. The zero-order chi connectivity index (χ0) is 15.7. The van der Waals surface area contributed by atoms with Crippen LogP contribution in [0.3, 0.4) is 0 Å². The molecule has 0 unspecified atom stereocenters. The van der Waals surface area contributed by atoms with Gasteiger partial charge >= 0.3 is 6.03 Å². The SMILES string of the molecule is O=C(NN1C(=O)NC2(CCCCC2)C1=O)c1ccccc1Cl. The van der Waals surface area contributed by atoms with Crippen LogP contribution >= 0.6 is 11.6 Å². The van der Waals surface area contributed by atoms with Crippen molar-refractivity contribution < 1.29 is 14.4 Å². The molecule has 0 atom stereocenters. The van der Waals surface area contributed by atoms with Crippen LogP contribution < -0.4 is 10.7 Å². The number of carbonyl (C=O) groups excluding carboxylic acids is 3. The number of urea groups is 1. The molecule has 0 bridgehead atoms. The Morgan fingerprint density at radius 1 is 1.18 bits per heavy atom. The lowest BCUT2D eigenvalue weighted by atomic mass is 9.82. The third-order valence-electron chi connectivity index (χ3n) is 4.20. The summed E-state index contributed by atoms with van der Waals surface area (Å²) in [7, 11) is 0. The van der Waals surface area contributed by atoms with E-state index in [0.717, 1.165) is 24.3 Å². The molecule has 1 aromatic carbocycles. The van der Waals surface area contributed by atoms with Crippen molar-refractivity contribution in [2.75, 3.05) is 0 Å². The lowest BCUT2D eigenvalue weighted by Gasteiger charge is -2.30. The number of carbonyl (C=O) groups is 3. The standard InChI is InChI=1S/C15H16ClN3O3/c16-11-7-3-2-6-10(11)12(20)18-19-13(21)15(17-14(19)22)8-4-1-5-9-15/h2-3,6-7H,1,4-5,8-9H2,(H,17,22)(H,18,20). The number of hydrogen-bond acceptors (Lipinski definition) is 3. The van der Waals surface area contributed by atoms with Crippen molar-refractivity contribution in [2.24, 2.45) is 0 Å². The monoisotopic (exact) mass is 321 g/mol. The molecule has 2 aliphatic rings. The molecule has 1 saturated heterocycles. The highest BCUT2D eigenvalue weighted by molar-refractivity contribution is 6.33. The zero-order valence-corrected chi connectivity index (χ0v) is 12.7. The molecule has 116 valence electrons. The minimum Gasteiger partial charge on any atom is -0.322 e. The average Bonchev–Trinajstić information content (AvgIpc) is 2.73. The normalized spacial score (nSPS) is 20.1. The van der Waals surface area contributed by atoms with E-state index in [1.165, 1.54) is 6.07 Å². The number of nitrogens with zero attached hydrogens (tertiary/aromatic N) is 1. The van der Waals surface area contributed by atoms with E-state index >= 15 is 0 Å². The van der Waals surface area contributed by atoms with Gasteiger partial charge in [0, 0.05) is 0 Å². The van der Waals surface area contributed by atoms with Gasteiger partial charge in [-0.2, -0.15) is 5.01 Å². The van der Waals surface area contributed by atoms with Gasteiger partial charge < -0.3 is 5.32 Å². The number of halogens is 1. The Kier molecular flexibility index (Phi) is 3.78. The summed E-state index contributed by atoms with van der Waals surface area (Å²) in [5.74, 6) is -0.973. The number of benzene rings is 1. The highest BCUT2D eigenvalue weighted by atomic mass is 35.5. The van der Waals surface area contributed by atoms with Gasteiger partial charge in [0.05, 0.1) is 10.6 Å². The van der Waals surface area contributed by atoms with Gasteiger partial charge in [-0.3, -0.25) is 15.0 Å². The topological polar surface area (TPSA) is 78.5 Å². The maximum absolute atomic E-state index is 12.5. The van der Waals surface area contributed by atoms with Crippen LogP contribution in [0.15, 0.2) is 24.3 Å². The highest BCUT2D eigenvalue weighted by Crippen LogP contribution is 2.33. The first-order valence-corrected chi connectivity index (χ1v) is 7.63. The second-order valence-corrected chi connectivity index (χ2v) is 6.04. The van der Waals surface area contributed by atoms with Crippen LogP contribution in [0.2, 0.25) is 5.02 Å². The number of rotatable bonds is 2. The summed E-state index contributed by atoms with van der Waals surface area (Å²) in [5.41, 5.74) is 1.71. The van der Waals surface area contributed by atoms with E-state index in [9.17, 15) is 14.4 Å². The van der Waals surface area contributed by atoms with Crippen molar-refractivity contribution in [3.63, 3.8) is 0 Å². The van der Waals surface area contributed by atoms with Gasteiger partial charge in [0.1, 0.15) is 5.54 Å². The van der Waals surface area contributed by atoms with Crippen molar-refractivity contribution in [1.82, 2.24) is 15.8 Å². The molecule has 2 N–H and O–H groups in total. The number of amides is 4. The minimum absolute atomic E-state index is 0.217. The van der Waals surface area contributed by atoms with Crippen molar-refractivity contribution in [1.29, 1.82) is 0 Å². The fourth-order valence-electron chi connectivity index (χ4n) is 3.02. The fourth-order valence-corrected chi connectivity index (χ4v) is 3.24. The van der Waals surface area contributed by atoms with Gasteiger partial charge in [-0.05, 0) is 25.0 Å². The molecule has 1 saturated carbocycles. The molecule has 0 aromatic heterocycles. The van der Waals surface area contributed by atoms with Crippen LogP contribution in [0.1, 0.15) is 42.5 Å². The number of hydrazine groups is 1. The van der Waals surface area contributed by atoms with Crippen LogP contribution in [0, 0.1) is 0 Å². The van der Waals surface area contributed by atoms with E-state index in [1.54, 1.807) is 18.2 Å². The minimum atomic E-state index is -0.858. The molecule has 0 radical (unpaired) electrons. The maximum atomic E-state index is 12.5. The number of hydrogen-bond donors (Lipinski definition) is 2. The Bertz CT molecular complexity index is 641. The summed E-state index contributed by atoms with van der Waals surface area (Å²) < 4.78 is 0. The molecule has 1 aliphatic heterocycles. The van der Waals surface area contributed by atoms with Crippen LogP contribution in [-0.4, -0.2) is 28.4 Å². The van der Waals surface area contributed by atoms with E-state index in [-0.39, 0.29) is 10.6 Å². The van der Waals surface area contributed by atoms with Gasteiger partial charge in [-0.1, -0.05) is 43.0 Å². The smallest absolute Gasteiger partial charge is 0.322 e. The first-order chi connectivity index (χ1) is 10.5. The predicted octanol–water partition coefficient (Wildman–Crippen LogP) is 2.24. The molecule has 2 fully saturated rings. The van der Waals surface area contributed by atoms with Gasteiger partial charge in [-0.25, -0.2) is 4.79 Å². The van der Waals surface area contributed by atoms with Gasteiger partial charge in [0.15, 0.2) is 0 Å². The third-order valence-corrected chi connectivity index (χ3v) is 4.53. The molecular weight excluding hydrogens is 306 g/mol. The predicted molar refractivity (Wildman–Crippen MR) is 80.1 cm³/mol.